The van der Waals surface area contributed by atoms with Gasteiger partial charge in [0.2, 0.25) is 0 Å². The molecule has 0 saturated carbocycles. The predicted molar refractivity (Wildman–Crippen MR) is 85.1 cm³/mol. The summed E-state index contributed by atoms with van der Waals surface area (Å²) in [5.74, 6) is -0.130. The summed E-state index contributed by atoms with van der Waals surface area (Å²) in [5.41, 5.74) is 1.44. The van der Waals surface area contributed by atoms with Crippen molar-refractivity contribution in [2.75, 3.05) is 13.1 Å². The number of carbonyl (C=O) groups excluding carboxylic acids is 2. The van der Waals surface area contributed by atoms with Crippen LogP contribution in [-0.2, 0) is 0 Å². The number of nitrogens with zero attached hydrogens (tertiary/aromatic N) is 2. The molecule has 1 atom stereocenters. The minimum absolute atomic E-state index is 0.00154. The summed E-state index contributed by atoms with van der Waals surface area (Å²) < 4.78 is 0. The zero-order chi connectivity index (χ0) is 15.5. The fourth-order valence-corrected chi connectivity index (χ4v) is 3.40. The van der Waals surface area contributed by atoms with Crippen molar-refractivity contribution < 1.29 is 9.59 Å². The van der Waals surface area contributed by atoms with Gasteiger partial charge < -0.3 is 10.2 Å². The number of nitrogens with one attached hydrogen (secondary N) is 1. The number of rotatable bonds is 3. The lowest BCUT2D eigenvalue weighted by atomic mass is 10.2. The van der Waals surface area contributed by atoms with Crippen molar-refractivity contribution in [1.29, 1.82) is 0 Å². The van der Waals surface area contributed by atoms with Crippen molar-refractivity contribution in [3.05, 3.63) is 52.0 Å². The van der Waals surface area contributed by atoms with Crippen LogP contribution in [0.3, 0.4) is 0 Å². The van der Waals surface area contributed by atoms with Gasteiger partial charge in [0, 0.05) is 25.3 Å². The highest BCUT2D eigenvalue weighted by Gasteiger charge is 2.29. The van der Waals surface area contributed by atoms with E-state index in [1.165, 1.54) is 11.3 Å². The summed E-state index contributed by atoms with van der Waals surface area (Å²) in [6, 6.07) is 7.23. The predicted octanol–water partition coefficient (Wildman–Crippen LogP) is 2.10. The fourth-order valence-electron chi connectivity index (χ4n) is 2.57. The Morgan fingerprint density at radius 1 is 1.36 bits per heavy atom. The largest absolute Gasteiger partial charge is 0.347 e. The first-order valence-corrected chi connectivity index (χ1v) is 8.08. The monoisotopic (exact) mass is 315 g/mol. The van der Waals surface area contributed by atoms with E-state index < -0.39 is 0 Å². The van der Waals surface area contributed by atoms with Crippen LogP contribution >= 0.6 is 11.3 Å². The number of aromatic nitrogens is 1. The second-order valence-electron chi connectivity index (χ2n) is 5.36. The Hall–Kier alpha value is -2.21. The van der Waals surface area contributed by atoms with Gasteiger partial charge in [-0.05, 0) is 42.5 Å². The van der Waals surface area contributed by atoms with Crippen molar-refractivity contribution in [1.82, 2.24) is 15.2 Å². The van der Waals surface area contributed by atoms with Gasteiger partial charge in [-0.2, -0.15) is 0 Å². The number of hydrogen-bond donors (Lipinski definition) is 1. The molecule has 0 unspecified atom stereocenters. The standard InChI is InChI=1S/C16H17N3O2S/c1-11-6-9-22-14(11)15(20)18-12-5-8-19(10-12)16(21)13-4-2-3-7-17-13/h2-4,6-7,9,12H,5,8,10H2,1H3,(H,18,20)/t12-/m1/s1. The normalized spacial score (nSPS) is 17.5. The number of pyridine rings is 1. The third-order valence-electron chi connectivity index (χ3n) is 3.76. The quantitative estimate of drug-likeness (QED) is 0.943. The first-order chi connectivity index (χ1) is 10.6. The maximum Gasteiger partial charge on any atom is 0.272 e. The van der Waals surface area contributed by atoms with E-state index >= 15 is 0 Å². The lowest BCUT2D eigenvalue weighted by Gasteiger charge is -2.16. The number of amides is 2. The summed E-state index contributed by atoms with van der Waals surface area (Å²) in [7, 11) is 0. The molecule has 0 spiro atoms. The Balaban J connectivity index is 1.60. The molecule has 114 valence electrons. The highest BCUT2D eigenvalue weighted by Crippen LogP contribution is 2.17. The highest BCUT2D eigenvalue weighted by molar-refractivity contribution is 7.12. The van der Waals surface area contributed by atoms with Crippen LogP contribution in [0.5, 0.6) is 0 Å². The Kier molecular flexibility index (Phi) is 4.20. The minimum Gasteiger partial charge on any atom is -0.347 e. The number of hydrogen-bond acceptors (Lipinski definition) is 4. The van der Waals surface area contributed by atoms with Crippen molar-refractivity contribution in [2.24, 2.45) is 0 Å². The lowest BCUT2D eigenvalue weighted by molar-refractivity contribution is 0.0778. The molecule has 0 radical (unpaired) electrons. The smallest absolute Gasteiger partial charge is 0.272 e. The minimum atomic E-state index is -0.0790. The van der Waals surface area contributed by atoms with Crippen molar-refractivity contribution in [3.8, 4) is 0 Å². The zero-order valence-corrected chi connectivity index (χ0v) is 13.1. The van der Waals surface area contributed by atoms with E-state index in [-0.39, 0.29) is 17.9 Å². The van der Waals surface area contributed by atoms with Crippen LogP contribution in [0, 0.1) is 6.92 Å². The molecule has 1 saturated heterocycles. The highest BCUT2D eigenvalue weighted by atomic mass is 32.1. The molecule has 1 N–H and O–H groups in total. The SMILES string of the molecule is Cc1ccsc1C(=O)N[C@@H]1CCN(C(=O)c2ccccn2)C1. The molecule has 1 fully saturated rings. The summed E-state index contributed by atoms with van der Waals surface area (Å²) in [6.45, 7) is 3.10. The topological polar surface area (TPSA) is 62.3 Å². The molecule has 22 heavy (non-hydrogen) atoms. The summed E-state index contributed by atoms with van der Waals surface area (Å²) in [5, 5.41) is 4.93. The molecule has 2 amide bonds. The van der Waals surface area contributed by atoms with Gasteiger partial charge in [0.15, 0.2) is 0 Å². The molecule has 1 aliphatic heterocycles. The summed E-state index contributed by atoms with van der Waals surface area (Å²) in [4.78, 5) is 31.1. The maximum absolute atomic E-state index is 12.3. The van der Waals surface area contributed by atoms with E-state index in [1.807, 2.05) is 18.4 Å². The van der Waals surface area contributed by atoms with Crippen molar-refractivity contribution >= 4 is 23.2 Å². The van der Waals surface area contributed by atoms with Gasteiger partial charge in [-0.3, -0.25) is 14.6 Å². The van der Waals surface area contributed by atoms with E-state index in [4.69, 9.17) is 0 Å². The third kappa shape index (κ3) is 3.01. The second kappa shape index (κ2) is 6.27. The second-order valence-corrected chi connectivity index (χ2v) is 6.27. The molecule has 0 bridgehead atoms. The first-order valence-electron chi connectivity index (χ1n) is 7.20. The van der Waals surface area contributed by atoms with E-state index in [0.29, 0.717) is 18.8 Å². The number of likely N-dealkylation sites (tertiary alicyclic amines) is 1. The van der Waals surface area contributed by atoms with Gasteiger partial charge in [-0.1, -0.05) is 6.07 Å². The van der Waals surface area contributed by atoms with Crippen LogP contribution in [0.2, 0.25) is 0 Å². The number of thiophene rings is 1. The van der Waals surface area contributed by atoms with Gasteiger partial charge in [-0.25, -0.2) is 0 Å². The van der Waals surface area contributed by atoms with E-state index in [1.54, 1.807) is 29.3 Å². The van der Waals surface area contributed by atoms with Crippen LogP contribution in [0.4, 0.5) is 0 Å². The van der Waals surface area contributed by atoms with Gasteiger partial charge in [0.25, 0.3) is 11.8 Å². The molecule has 0 aromatic carbocycles. The van der Waals surface area contributed by atoms with Crippen molar-refractivity contribution in [3.63, 3.8) is 0 Å². The van der Waals surface area contributed by atoms with E-state index in [9.17, 15) is 9.59 Å². The van der Waals surface area contributed by atoms with Crippen LogP contribution < -0.4 is 5.32 Å². The summed E-state index contributed by atoms with van der Waals surface area (Å²) >= 11 is 1.44. The van der Waals surface area contributed by atoms with Gasteiger partial charge >= 0.3 is 0 Å². The van der Waals surface area contributed by atoms with Crippen LogP contribution in [0.1, 0.15) is 32.1 Å². The number of carbonyl (C=O) groups is 2. The van der Waals surface area contributed by atoms with E-state index in [2.05, 4.69) is 10.3 Å². The molecular weight excluding hydrogens is 298 g/mol. The Bertz CT molecular complexity index is 684. The summed E-state index contributed by atoms with van der Waals surface area (Å²) in [6.07, 6.45) is 2.39. The fraction of sp³-hybridized carbons (Fsp3) is 0.312. The number of aryl methyl sites for hydroxylation is 1. The van der Waals surface area contributed by atoms with Crippen molar-refractivity contribution in [2.45, 2.75) is 19.4 Å². The molecule has 1 aliphatic rings. The molecule has 6 heteroatoms. The third-order valence-corrected chi connectivity index (χ3v) is 4.78. The Labute approximate surface area is 133 Å². The average molecular weight is 315 g/mol. The molecule has 3 heterocycles. The first kappa shape index (κ1) is 14.7. The molecule has 5 nitrogen and oxygen atoms in total. The molecular formula is C16H17N3O2S. The molecule has 3 rings (SSSR count). The Morgan fingerprint density at radius 3 is 2.91 bits per heavy atom. The average Bonchev–Trinajstić information content (AvgIpc) is 3.16. The molecule has 0 aliphatic carbocycles. The van der Waals surface area contributed by atoms with Gasteiger partial charge in [0.1, 0.15) is 5.69 Å². The Morgan fingerprint density at radius 2 is 2.23 bits per heavy atom. The van der Waals surface area contributed by atoms with Crippen LogP contribution in [0.25, 0.3) is 0 Å². The molecule has 2 aromatic heterocycles. The van der Waals surface area contributed by atoms with Gasteiger partial charge in [0.05, 0.1) is 4.88 Å². The van der Waals surface area contributed by atoms with E-state index in [0.717, 1.165) is 16.9 Å². The van der Waals surface area contributed by atoms with Crippen LogP contribution in [0.15, 0.2) is 35.8 Å². The lowest BCUT2D eigenvalue weighted by Crippen LogP contribution is -2.38. The maximum atomic E-state index is 12.3. The zero-order valence-electron chi connectivity index (χ0n) is 12.3. The van der Waals surface area contributed by atoms with Gasteiger partial charge in [-0.15, -0.1) is 11.3 Å². The van der Waals surface area contributed by atoms with Crippen LogP contribution in [-0.4, -0.2) is 40.8 Å². The molecule has 2 aromatic rings.